The van der Waals surface area contributed by atoms with Crippen LogP contribution in [0.3, 0.4) is 0 Å². The maximum atomic E-state index is 14.1. The summed E-state index contributed by atoms with van der Waals surface area (Å²) < 4.78 is 5.41. The molecule has 1 saturated heterocycles. The van der Waals surface area contributed by atoms with Gasteiger partial charge in [0, 0.05) is 32.1 Å². The van der Waals surface area contributed by atoms with Gasteiger partial charge in [-0.15, -0.1) is 6.58 Å². The van der Waals surface area contributed by atoms with Crippen LogP contribution in [-0.2, 0) is 32.0 Å². The van der Waals surface area contributed by atoms with Crippen molar-refractivity contribution in [2.45, 2.75) is 96.2 Å². The third-order valence-electron chi connectivity index (χ3n) is 9.86. The van der Waals surface area contributed by atoms with E-state index in [0.29, 0.717) is 63.1 Å². The van der Waals surface area contributed by atoms with Gasteiger partial charge in [0.15, 0.2) is 0 Å². The Morgan fingerprint density at radius 2 is 1.79 bits per heavy atom. The fraction of sp³-hybridized carbons (Fsp3) is 0.622. The number of carbonyl (C=O) groups excluding carboxylic acids is 3. The summed E-state index contributed by atoms with van der Waals surface area (Å²) in [6.07, 6.45) is 11.8. The molecule has 5 atom stereocenters. The molecule has 0 unspecified atom stereocenters. The number of aliphatic hydroxyl groups is 1. The summed E-state index contributed by atoms with van der Waals surface area (Å²) in [5, 5.41) is 17.7. The molecule has 1 aliphatic heterocycles. The predicted octanol–water partition coefficient (Wildman–Crippen LogP) is 4.21. The van der Waals surface area contributed by atoms with Crippen LogP contribution < -0.4 is 10.6 Å². The van der Waals surface area contributed by atoms with E-state index in [1.807, 2.05) is 36.4 Å². The van der Waals surface area contributed by atoms with Crippen molar-refractivity contribution in [2.24, 2.45) is 23.7 Å². The zero-order valence-electron chi connectivity index (χ0n) is 28.2. The number of H-pyrrole nitrogens is 1. The topological polar surface area (TPSA) is 137 Å². The maximum Gasteiger partial charge on any atom is 0.243 e. The van der Waals surface area contributed by atoms with Gasteiger partial charge in [-0.05, 0) is 42.6 Å². The van der Waals surface area contributed by atoms with Crippen LogP contribution in [0.2, 0.25) is 0 Å². The first-order valence-electron chi connectivity index (χ1n) is 17.5. The van der Waals surface area contributed by atoms with Gasteiger partial charge in [-0.2, -0.15) is 0 Å². The number of amides is 3. The van der Waals surface area contributed by atoms with Gasteiger partial charge in [0.2, 0.25) is 17.7 Å². The van der Waals surface area contributed by atoms with Crippen LogP contribution in [0, 0.1) is 23.7 Å². The van der Waals surface area contributed by atoms with Crippen LogP contribution in [0.5, 0.6) is 0 Å². The van der Waals surface area contributed by atoms with E-state index in [1.54, 1.807) is 17.4 Å². The number of aliphatic hydroxyl groups excluding tert-OH is 1. The van der Waals surface area contributed by atoms with Crippen molar-refractivity contribution >= 4 is 17.7 Å². The van der Waals surface area contributed by atoms with Crippen molar-refractivity contribution < 1.29 is 24.2 Å². The summed E-state index contributed by atoms with van der Waals surface area (Å²) in [5.74, 6) is -0.660. The molecule has 4 N–H and O–H groups in total. The highest BCUT2D eigenvalue weighted by Crippen LogP contribution is 2.30. The number of rotatable bonds is 17. The second-order valence-electron chi connectivity index (χ2n) is 13.7. The Morgan fingerprint density at radius 3 is 2.43 bits per heavy atom. The van der Waals surface area contributed by atoms with Crippen LogP contribution in [-0.4, -0.2) is 82.2 Å². The van der Waals surface area contributed by atoms with Crippen LogP contribution in [0.25, 0.3) is 0 Å². The first kappa shape index (κ1) is 36.3. The Balaban J connectivity index is 1.53. The summed E-state index contributed by atoms with van der Waals surface area (Å²) in [6, 6.07) is 8.22. The summed E-state index contributed by atoms with van der Waals surface area (Å²) in [7, 11) is 0. The van der Waals surface area contributed by atoms with Gasteiger partial charge in [-0.3, -0.25) is 14.4 Å². The highest BCUT2D eigenvalue weighted by atomic mass is 16.5. The van der Waals surface area contributed by atoms with Gasteiger partial charge >= 0.3 is 0 Å². The minimum atomic E-state index is -0.941. The summed E-state index contributed by atoms with van der Waals surface area (Å²) in [4.78, 5) is 50.5. The molecule has 1 aromatic carbocycles. The van der Waals surface area contributed by atoms with E-state index in [-0.39, 0.29) is 36.5 Å². The van der Waals surface area contributed by atoms with Crippen molar-refractivity contribution in [3.05, 3.63) is 66.8 Å². The molecule has 4 rings (SSSR count). The lowest BCUT2D eigenvalue weighted by Crippen LogP contribution is -2.55. The summed E-state index contributed by atoms with van der Waals surface area (Å²) in [5.41, 5.74) is 1.57. The number of ether oxygens (including phenoxy) is 1. The number of hydrogen-bond donors (Lipinski definition) is 4. The van der Waals surface area contributed by atoms with Crippen LogP contribution in [0.4, 0.5) is 0 Å². The lowest BCUT2D eigenvalue weighted by atomic mass is 9.81. The molecule has 2 aliphatic rings. The zero-order valence-corrected chi connectivity index (χ0v) is 28.2. The molecule has 2 aromatic rings. The molecule has 1 aliphatic carbocycles. The number of nitrogens with zero attached hydrogens (tertiary/aromatic N) is 2. The van der Waals surface area contributed by atoms with Gasteiger partial charge in [0.05, 0.1) is 43.3 Å². The van der Waals surface area contributed by atoms with E-state index >= 15 is 0 Å². The smallest absolute Gasteiger partial charge is 0.243 e. The van der Waals surface area contributed by atoms with Crippen LogP contribution in [0.15, 0.2) is 55.5 Å². The standard InChI is InChI=1S/C37H55N5O5/c1-4-29(26(2)3)21-34(43)32(20-28-13-9-6-10-14-28)40-37(46)33(23-31-24-38-25-39-31)41-36(45)30(19-27-11-7-5-8-12-27)22-35(44)42-15-17-47-18-16-42/h4-5,7-8,11-12,24-26,28-30,32-34,43H,1,6,9-10,13-23H2,2-3H3,(H,38,39)(H,40,46)(H,41,45)/t29-,30-,32-,33-,34-/m0/s1. The average molecular weight is 650 g/mol. The molecule has 0 spiro atoms. The van der Waals surface area contributed by atoms with Crippen molar-refractivity contribution in [1.82, 2.24) is 25.5 Å². The number of hydrogen-bond acceptors (Lipinski definition) is 6. The minimum Gasteiger partial charge on any atom is -0.391 e. The lowest BCUT2D eigenvalue weighted by Gasteiger charge is -2.33. The van der Waals surface area contributed by atoms with Gasteiger partial charge in [0.25, 0.3) is 0 Å². The van der Waals surface area contributed by atoms with Crippen LogP contribution in [0.1, 0.15) is 76.5 Å². The van der Waals surface area contributed by atoms with Crippen molar-refractivity contribution in [3.63, 3.8) is 0 Å². The Hall–Kier alpha value is -3.50. The molecular weight excluding hydrogens is 594 g/mol. The molecule has 1 aromatic heterocycles. The second-order valence-corrected chi connectivity index (χ2v) is 13.7. The normalized spacial score (nSPS) is 18.9. The van der Waals surface area contributed by atoms with Gasteiger partial charge in [0.1, 0.15) is 6.04 Å². The molecule has 0 bridgehead atoms. The summed E-state index contributed by atoms with van der Waals surface area (Å²) >= 11 is 0. The SMILES string of the molecule is C=C[C@@H](C[C@H](O)[C@H](CC1CCCCC1)NC(=O)[C@H](Cc1c[nH]cn1)NC(=O)[C@H](CC(=O)N1CCOCC1)Cc1ccccc1)C(C)C. The van der Waals surface area contributed by atoms with E-state index in [4.69, 9.17) is 4.74 Å². The van der Waals surface area contributed by atoms with Crippen LogP contribution >= 0.6 is 0 Å². The fourth-order valence-electron chi connectivity index (χ4n) is 6.88. The van der Waals surface area contributed by atoms with Crippen molar-refractivity contribution in [1.29, 1.82) is 0 Å². The quantitative estimate of drug-likeness (QED) is 0.190. The van der Waals surface area contributed by atoms with E-state index in [0.717, 1.165) is 31.2 Å². The van der Waals surface area contributed by atoms with Gasteiger partial charge in [-0.1, -0.05) is 82.4 Å². The third-order valence-corrected chi connectivity index (χ3v) is 9.86. The minimum absolute atomic E-state index is 0.0264. The van der Waals surface area contributed by atoms with Gasteiger partial charge in [-0.25, -0.2) is 4.98 Å². The predicted molar refractivity (Wildman–Crippen MR) is 182 cm³/mol. The molecule has 47 heavy (non-hydrogen) atoms. The highest BCUT2D eigenvalue weighted by molar-refractivity contribution is 5.91. The Morgan fingerprint density at radius 1 is 1.06 bits per heavy atom. The largest absolute Gasteiger partial charge is 0.391 e. The Bertz CT molecular complexity index is 1240. The van der Waals surface area contributed by atoms with E-state index in [9.17, 15) is 19.5 Å². The number of imidazole rings is 1. The molecule has 258 valence electrons. The monoisotopic (exact) mass is 649 g/mol. The van der Waals surface area contributed by atoms with Crippen molar-refractivity contribution in [2.75, 3.05) is 26.3 Å². The maximum absolute atomic E-state index is 14.1. The van der Waals surface area contributed by atoms with Crippen molar-refractivity contribution in [3.8, 4) is 0 Å². The highest BCUT2D eigenvalue weighted by Gasteiger charge is 2.33. The summed E-state index contributed by atoms with van der Waals surface area (Å²) in [6.45, 7) is 10.2. The number of allylic oxidation sites excluding steroid dienone is 1. The lowest BCUT2D eigenvalue weighted by molar-refractivity contribution is -0.140. The molecule has 2 heterocycles. The van der Waals surface area contributed by atoms with E-state index in [1.165, 1.54) is 6.42 Å². The third kappa shape index (κ3) is 11.6. The second kappa shape index (κ2) is 18.7. The molecule has 0 radical (unpaired) electrons. The molecular formula is C37H55N5O5. The zero-order chi connectivity index (χ0) is 33.6. The number of carbonyl (C=O) groups is 3. The molecule has 10 heteroatoms. The molecule has 10 nitrogen and oxygen atoms in total. The molecule has 2 fully saturated rings. The number of aromatic nitrogens is 2. The molecule has 3 amide bonds. The first-order chi connectivity index (χ1) is 22.7. The first-order valence-corrected chi connectivity index (χ1v) is 17.5. The van der Waals surface area contributed by atoms with E-state index in [2.05, 4.69) is 41.0 Å². The average Bonchev–Trinajstić information content (AvgIpc) is 3.60. The van der Waals surface area contributed by atoms with E-state index < -0.39 is 24.1 Å². The number of nitrogens with one attached hydrogen (secondary N) is 3. The number of benzene rings is 1. The molecule has 1 saturated carbocycles. The Labute approximate surface area is 280 Å². The number of morpholine rings is 1. The van der Waals surface area contributed by atoms with Gasteiger partial charge < -0.3 is 30.4 Å². The number of aromatic amines is 1. The Kier molecular flexibility index (Phi) is 14.5. The fourth-order valence-corrected chi connectivity index (χ4v) is 6.88.